The SMILES string of the molecule is CC(Br)C(=O)NCC(C)c1ccccc1. The normalized spacial score (nSPS) is 14.3. The topological polar surface area (TPSA) is 29.1 Å². The molecule has 0 aliphatic carbocycles. The zero-order chi connectivity index (χ0) is 11.3. The molecule has 1 amide bonds. The fourth-order valence-electron chi connectivity index (χ4n) is 1.29. The Hall–Kier alpha value is -0.830. The molecule has 0 saturated carbocycles. The quantitative estimate of drug-likeness (QED) is 0.837. The van der Waals surface area contributed by atoms with Gasteiger partial charge < -0.3 is 5.32 Å². The molecule has 1 rings (SSSR count). The van der Waals surface area contributed by atoms with Crippen LogP contribution in [0.1, 0.15) is 25.3 Å². The summed E-state index contributed by atoms with van der Waals surface area (Å²) in [7, 11) is 0. The largest absolute Gasteiger partial charge is 0.355 e. The van der Waals surface area contributed by atoms with Gasteiger partial charge in [-0.25, -0.2) is 0 Å². The van der Waals surface area contributed by atoms with Gasteiger partial charge in [0.2, 0.25) is 5.91 Å². The third-order valence-corrected chi connectivity index (χ3v) is 2.73. The van der Waals surface area contributed by atoms with Gasteiger partial charge in [0.05, 0.1) is 4.83 Å². The number of nitrogens with one attached hydrogen (secondary N) is 1. The second kappa shape index (κ2) is 5.91. The number of benzene rings is 1. The first-order chi connectivity index (χ1) is 7.11. The van der Waals surface area contributed by atoms with E-state index in [1.165, 1.54) is 5.56 Å². The minimum atomic E-state index is -0.125. The Labute approximate surface area is 99.2 Å². The molecule has 15 heavy (non-hydrogen) atoms. The second-order valence-electron chi connectivity index (χ2n) is 3.67. The van der Waals surface area contributed by atoms with Crippen LogP contribution in [0.25, 0.3) is 0 Å². The summed E-state index contributed by atoms with van der Waals surface area (Å²) in [5.41, 5.74) is 1.25. The number of rotatable bonds is 4. The minimum Gasteiger partial charge on any atom is -0.355 e. The van der Waals surface area contributed by atoms with E-state index < -0.39 is 0 Å². The van der Waals surface area contributed by atoms with Gasteiger partial charge in [0.15, 0.2) is 0 Å². The molecule has 82 valence electrons. The fourth-order valence-corrected chi connectivity index (χ4v) is 1.46. The third-order valence-electron chi connectivity index (χ3n) is 2.31. The molecule has 3 heteroatoms. The lowest BCUT2D eigenvalue weighted by atomic mass is 10.0. The van der Waals surface area contributed by atoms with Crippen molar-refractivity contribution in [3.63, 3.8) is 0 Å². The summed E-state index contributed by atoms with van der Waals surface area (Å²) in [6.45, 7) is 4.61. The first kappa shape index (κ1) is 12.2. The molecule has 0 saturated heterocycles. The van der Waals surface area contributed by atoms with Crippen LogP contribution in [0.3, 0.4) is 0 Å². The van der Waals surface area contributed by atoms with Gasteiger partial charge in [-0.2, -0.15) is 0 Å². The average molecular weight is 270 g/mol. The van der Waals surface area contributed by atoms with Gasteiger partial charge in [-0.3, -0.25) is 4.79 Å². The molecular formula is C12H16BrNO. The van der Waals surface area contributed by atoms with Gasteiger partial charge in [0.25, 0.3) is 0 Å². The molecule has 0 heterocycles. The van der Waals surface area contributed by atoms with Crippen molar-refractivity contribution >= 4 is 21.8 Å². The zero-order valence-electron chi connectivity index (χ0n) is 9.03. The lowest BCUT2D eigenvalue weighted by Crippen LogP contribution is -2.32. The first-order valence-electron chi connectivity index (χ1n) is 5.08. The molecule has 0 bridgehead atoms. The monoisotopic (exact) mass is 269 g/mol. The highest BCUT2D eigenvalue weighted by atomic mass is 79.9. The Morgan fingerprint density at radius 1 is 1.33 bits per heavy atom. The number of carbonyl (C=O) groups excluding carboxylic acids is 1. The molecule has 2 unspecified atom stereocenters. The Morgan fingerprint density at radius 3 is 2.47 bits per heavy atom. The van der Waals surface area contributed by atoms with E-state index in [0.717, 1.165) is 0 Å². The molecule has 2 atom stereocenters. The van der Waals surface area contributed by atoms with Crippen LogP contribution in [0.4, 0.5) is 0 Å². The van der Waals surface area contributed by atoms with Crippen molar-refractivity contribution in [2.24, 2.45) is 0 Å². The first-order valence-corrected chi connectivity index (χ1v) is 5.99. The van der Waals surface area contributed by atoms with E-state index in [1.807, 2.05) is 25.1 Å². The number of amides is 1. The van der Waals surface area contributed by atoms with Crippen LogP contribution in [0.2, 0.25) is 0 Å². The van der Waals surface area contributed by atoms with Gasteiger partial charge in [0, 0.05) is 6.54 Å². The highest BCUT2D eigenvalue weighted by molar-refractivity contribution is 9.10. The number of alkyl halides is 1. The Bertz CT molecular complexity index is 311. The predicted octanol–water partition coefficient (Wildman–Crippen LogP) is 2.69. The highest BCUT2D eigenvalue weighted by Crippen LogP contribution is 2.13. The number of hydrogen-bond acceptors (Lipinski definition) is 1. The van der Waals surface area contributed by atoms with Crippen molar-refractivity contribution in [1.82, 2.24) is 5.32 Å². The third kappa shape index (κ3) is 4.04. The van der Waals surface area contributed by atoms with Crippen LogP contribution < -0.4 is 5.32 Å². The van der Waals surface area contributed by atoms with Crippen LogP contribution >= 0.6 is 15.9 Å². The lowest BCUT2D eigenvalue weighted by molar-refractivity contribution is -0.120. The van der Waals surface area contributed by atoms with Crippen LogP contribution in [0.5, 0.6) is 0 Å². The maximum absolute atomic E-state index is 11.3. The van der Waals surface area contributed by atoms with Crippen LogP contribution in [-0.4, -0.2) is 17.3 Å². The van der Waals surface area contributed by atoms with Gasteiger partial charge in [0.1, 0.15) is 0 Å². The van der Waals surface area contributed by atoms with Crippen LogP contribution in [-0.2, 0) is 4.79 Å². The summed E-state index contributed by atoms with van der Waals surface area (Å²) >= 11 is 3.23. The average Bonchev–Trinajstić information content (AvgIpc) is 2.26. The van der Waals surface area contributed by atoms with Crippen molar-refractivity contribution in [3.05, 3.63) is 35.9 Å². The molecule has 0 radical (unpaired) electrons. The molecule has 0 fully saturated rings. The molecule has 1 N–H and O–H groups in total. The van der Waals surface area contributed by atoms with E-state index in [1.54, 1.807) is 0 Å². The summed E-state index contributed by atoms with van der Waals surface area (Å²) in [6.07, 6.45) is 0. The fraction of sp³-hybridized carbons (Fsp3) is 0.417. The standard InChI is InChI=1S/C12H16BrNO/c1-9(8-14-12(15)10(2)13)11-6-4-3-5-7-11/h3-7,9-10H,8H2,1-2H3,(H,14,15). The van der Waals surface area contributed by atoms with E-state index in [0.29, 0.717) is 12.5 Å². The number of hydrogen-bond donors (Lipinski definition) is 1. The van der Waals surface area contributed by atoms with Gasteiger partial charge in [-0.15, -0.1) is 0 Å². The van der Waals surface area contributed by atoms with E-state index in [2.05, 4.69) is 40.3 Å². The lowest BCUT2D eigenvalue weighted by Gasteiger charge is -2.13. The maximum atomic E-state index is 11.3. The van der Waals surface area contributed by atoms with Crippen LogP contribution in [0, 0.1) is 0 Å². The Morgan fingerprint density at radius 2 is 1.93 bits per heavy atom. The Balaban J connectivity index is 2.44. The number of halogens is 1. The molecule has 1 aromatic rings. The molecular weight excluding hydrogens is 254 g/mol. The summed E-state index contributed by atoms with van der Waals surface area (Å²) in [4.78, 5) is 11.2. The Kier molecular flexibility index (Phi) is 4.82. The van der Waals surface area contributed by atoms with Crippen LogP contribution in [0.15, 0.2) is 30.3 Å². The van der Waals surface area contributed by atoms with Crippen molar-refractivity contribution in [3.8, 4) is 0 Å². The van der Waals surface area contributed by atoms with E-state index in [-0.39, 0.29) is 10.7 Å². The molecule has 0 aliphatic heterocycles. The summed E-state index contributed by atoms with van der Waals surface area (Å²) in [5, 5.41) is 2.89. The summed E-state index contributed by atoms with van der Waals surface area (Å²) < 4.78 is 0. The zero-order valence-corrected chi connectivity index (χ0v) is 10.6. The van der Waals surface area contributed by atoms with Crippen molar-refractivity contribution in [2.75, 3.05) is 6.54 Å². The van der Waals surface area contributed by atoms with Crippen molar-refractivity contribution in [1.29, 1.82) is 0 Å². The van der Waals surface area contributed by atoms with Crippen molar-refractivity contribution < 1.29 is 4.79 Å². The molecule has 0 aliphatic rings. The number of carbonyl (C=O) groups is 1. The maximum Gasteiger partial charge on any atom is 0.233 e. The van der Waals surface area contributed by atoms with Crippen molar-refractivity contribution in [2.45, 2.75) is 24.6 Å². The minimum absolute atomic E-state index is 0.0396. The second-order valence-corrected chi connectivity index (χ2v) is 5.05. The summed E-state index contributed by atoms with van der Waals surface area (Å²) in [6, 6.07) is 10.2. The molecule has 1 aromatic carbocycles. The smallest absolute Gasteiger partial charge is 0.233 e. The van der Waals surface area contributed by atoms with Gasteiger partial charge in [-0.1, -0.05) is 53.2 Å². The molecule has 0 aromatic heterocycles. The van der Waals surface area contributed by atoms with Gasteiger partial charge in [-0.05, 0) is 18.4 Å². The predicted molar refractivity (Wildman–Crippen MR) is 66.3 cm³/mol. The van der Waals surface area contributed by atoms with Gasteiger partial charge >= 0.3 is 0 Å². The van der Waals surface area contributed by atoms with E-state index in [4.69, 9.17) is 0 Å². The summed E-state index contributed by atoms with van der Waals surface area (Å²) in [5.74, 6) is 0.388. The highest BCUT2D eigenvalue weighted by Gasteiger charge is 2.10. The van der Waals surface area contributed by atoms with E-state index in [9.17, 15) is 4.79 Å². The van der Waals surface area contributed by atoms with E-state index >= 15 is 0 Å². The molecule has 2 nitrogen and oxygen atoms in total. The molecule has 0 spiro atoms.